The summed E-state index contributed by atoms with van der Waals surface area (Å²) in [5.41, 5.74) is -0.306. The number of benzene rings is 2. The van der Waals surface area contributed by atoms with E-state index in [1.54, 1.807) is 24.3 Å². The number of ether oxygens (including phenoxy) is 1. The van der Waals surface area contributed by atoms with Gasteiger partial charge in [0.1, 0.15) is 6.10 Å². The van der Waals surface area contributed by atoms with Gasteiger partial charge < -0.3 is 10.1 Å². The normalized spacial score (nSPS) is 19.3. The first kappa shape index (κ1) is 20.7. The van der Waals surface area contributed by atoms with Gasteiger partial charge in [0.2, 0.25) is 0 Å². The molecule has 29 heavy (non-hydrogen) atoms. The molecule has 0 unspecified atom stereocenters. The summed E-state index contributed by atoms with van der Waals surface area (Å²) in [7, 11) is 0. The van der Waals surface area contributed by atoms with Crippen molar-refractivity contribution in [1.29, 1.82) is 0 Å². The zero-order chi connectivity index (χ0) is 20.9. The molecule has 0 saturated heterocycles. The maximum absolute atomic E-state index is 12.8. The fourth-order valence-electron chi connectivity index (χ4n) is 3.31. The molecule has 0 bridgehead atoms. The molecule has 2 atom stereocenters. The minimum atomic E-state index is -4.51. The van der Waals surface area contributed by atoms with Crippen LogP contribution in [0.1, 0.15) is 41.6 Å². The van der Waals surface area contributed by atoms with Crippen LogP contribution in [0.3, 0.4) is 0 Å². The van der Waals surface area contributed by atoms with Crippen LogP contribution in [-0.2, 0) is 10.9 Å². The van der Waals surface area contributed by atoms with Crippen molar-refractivity contribution >= 4 is 17.7 Å². The second kappa shape index (κ2) is 8.98. The number of rotatable bonds is 4. The van der Waals surface area contributed by atoms with Crippen LogP contribution in [0.2, 0.25) is 0 Å². The Morgan fingerprint density at radius 2 is 1.76 bits per heavy atom. The summed E-state index contributed by atoms with van der Waals surface area (Å²) in [5, 5.41) is 5.38. The summed E-state index contributed by atoms with van der Waals surface area (Å²) in [4.78, 5) is 24.4. The molecule has 2 aromatic carbocycles. The fraction of sp³-hybridized carbons (Fsp3) is 0.333. The first-order valence-corrected chi connectivity index (χ1v) is 9.32. The Labute approximate surface area is 166 Å². The van der Waals surface area contributed by atoms with Gasteiger partial charge in [-0.1, -0.05) is 24.3 Å². The van der Waals surface area contributed by atoms with Gasteiger partial charge >= 0.3 is 12.3 Å². The molecule has 0 radical (unpaired) electrons. The fourth-order valence-corrected chi connectivity index (χ4v) is 3.31. The van der Waals surface area contributed by atoms with Gasteiger partial charge in [-0.05, 0) is 49.6 Å². The van der Waals surface area contributed by atoms with Crippen LogP contribution in [-0.4, -0.2) is 24.1 Å². The lowest BCUT2D eigenvalue weighted by Crippen LogP contribution is -2.41. The second-order valence-corrected chi connectivity index (χ2v) is 6.93. The van der Waals surface area contributed by atoms with Crippen molar-refractivity contribution in [2.24, 2.45) is 0 Å². The Morgan fingerprint density at radius 1 is 1.00 bits per heavy atom. The standard InChI is InChI=1S/C21H21F3N2O3/c22-21(23,24)15-7-4-6-14(12-15)19(27)25-17-10-5-11-18(13-17)29-20(28)26-16-8-2-1-3-9-16/h1-4,6-9,12,17-18H,5,10-11,13H2,(H,25,27)(H,26,28)/t17-,18+/m0/s1. The largest absolute Gasteiger partial charge is 0.446 e. The van der Waals surface area contributed by atoms with Crippen molar-refractivity contribution in [2.45, 2.75) is 44.0 Å². The van der Waals surface area contributed by atoms with Gasteiger partial charge in [-0.3, -0.25) is 10.1 Å². The quantitative estimate of drug-likeness (QED) is 0.751. The lowest BCUT2D eigenvalue weighted by Gasteiger charge is -2.29. The van der Waals surface area contributed by atoms with E-state index in [0.717, 1.165) is 18.6 Å². The summed E-state index contributed by atoms with van der Waals surface area (Å²) in [6.45, 7) is 0. The molecule has 0 spiro atoms. The number of para-hydroxylation sites is 1. The van der Waals surface area contributed by atoms with Gasteiger partial charge in [-0.15, -0.1) is 0 Å². The van der Waals surface area contributed by atoms with Crippen molar-refractivity contribution in [1.82, 2.24) is 5.32 Å². The van der Waals surface area contributed by atoms with Crippen LogP contribution in [0.5, 0.6) is 0 Å². The van der Waals surface area contributed by atoms with Crippen molar-refractivity contribution < 1.29 is 27.5 Å². The summed E-state index contributed by atoms with van der Waals surface area (Å²) in [6.07, 6.45) is -2.98. The maximum atomic E-state index is 12.8. The highest BCUT2D eigenvalue weighted by Gasteiger charge is 2.31. The number of alkyl halides is 3. The predicted octanol–water partition coefficient (Wildman–Crippen LogP) is 5.00. The smallest absolute Gasteiger partial charge is 0.416 e. The SMILES string of the molecule is O=C(Nc1ccccc1)O[C@@H]1CCC[C@H](NC(=O)c2cccc(C(F)(F)F)c2)C1. The van der Waals surface area contributed by atoms with E-state index in [0.29, 0.717) is 24.9 Å². The molecule has 1 aliphatic carbocycles. The third-order valence-corrected chi connectivity index (χ3v) is 4.71. The molecule has 1 saturated carbocycles. The van der Waals surface area contributed by atoms with Crippen LogP contribution >= 0.6 is 0 Å². The van der Waals surface area contributed by atoms with Gasteiger partial charge in [0.15, 0.2) is 0 Å². The van der Waals surface area contributed by atoms with Crippen molar-refractivity contribution in [3.05, 3.63) is 65.7 Å². The van der Waals surface area contributed by atoms with Crippen molar-refractivity contribution in [2.75, 3.05) is 5.32 Å². The first-order valence-electron chi connectivity index (χ1n) is 9.32. The van der Waals surface area contributed by atoms with E-state index in [4.69, 9.17) is 4.74 Å². The van der Waals surface area contributed by atoms with E-state index in [1.165, 1.54) is 12.1 Å². The Bertz CT molecular complexity index is 856. The number of anilines is 1. The maximum Gasteiger partial charge on any atom is 0.416 e. The molecule has 2 aromatic rings. The summed E-state index contributed by atoms with van der Waals surface area (Å²) in [5.74, 6) is -0.574. The molecule has 3 rings (SSSR count). The molecule has 0 heterocycles. The Morgan fingerprint density at radius 3 is 2.48 bits per heavy atom. The average molecular weight is 406 g/mol. The van der Waals surface area contributed by atoms with Gasteiger partial charge in [0.05, 0.1) is 5.56 Å². The highest BCUT2D eigenvalue weighted by atomic mass is 19.4. The minimum Gasteiger partial charge on any atom is -0.446 e. The second-order valence-electron chi connectivity index (χ2n) is 6.93. The lowest BCUT2D eigenvalue weighted by molar-refractivity contribution is -0.137. The Balaban J connectivity index is 1.54. The Kier molecular flexibility index (Phi) is 6.41. The molecule has 1 aliphatic rings. The minimum absolute atomic E-state index is 0.0512. The van der Waals surface area contributed by atoms with Gasteiger partial charge in [-0.2, -0.15) is 13.2 Å². The van der Waals surface area contributed by atoms with Crippen LogP contribution in [0.4, 0.5) is 23.7 Å². The molecule has 5 nitrogen and oxygen atoms in total. The van der Waals surface area contributed by atoms with E-state index >= 15 is 0 Å². The van der Waals surface area contributed by atoms with Crippen LogP contribution in [0, 0.1) is 0 Å². The summed E-state index contributed by atoms with van der Waals surface area (Å²) >= 11 is 0. The van der Waals surface area contributed by atoms with Crippen molar-refractivity contribution in [3.63, 3.8) is 0 Å². The molecule has 2 amide bonds. The highest BCUT2D eigenvalue weighted by Crippen LogP contribution is 2.29. The molecule has 2 N–H and O–H groups in total. The predicted molar refractivity (Wildman–Crippen MR) is 101 cm³/mol. The van der Waals surface area contributed by atoms with E-state index in [9.17, 15) is 22.8 Å². The number of hydrogen-bond acceptors (Lipinski definition) is 3. The molecular formula is C21H21F3N2O3. The van der Waals surface area contributed by atoms with Crippen LogP contribution in [0.15, 0.2) is 54.6 Å². The zero-order valence-corrected chi connectivity index (χ0v) is 15.5. The number of nitrogens with one attached hydrogen (secondary N) is 2. The monoisotopic (exact) mass is 406 g/mol. The topological polar surface area (TPSA) is 67.4 Å². The zero-order valence-electron chi connectivity index (χ0n) is 15.5. The lowest BCUT2D eigenvalue weighted by atomic mass is 9.92. The molecule has 0 aliphatic heterocycles. The molecule has 8 heteroatoms. The number of carbonyl (C=O) groups is 2. The van der Waals surface area contributed by atoms with E-state index in [-0.39, 0.29) is 17.7 Å². The third kappa shape index (κ3) is 5.97. The van der Waals surface area contributed by atoms with Crippen molar-refractivity contribution in [3.8, 4) is 0 Å². The van der Waals surface area contributed by atoms with E-state index < -0.39 is 23.7 Å². The first-order chi connectivity index (χ1) is 13.8. The number of halogens is 3. The number of hydrogen-bond donors (Lipinski definition) is 2. The number of amides is 2. The molecule has 1 fully saturated rings. The molecule has 0 aromatic heterocycles. The Hall–Kier alpha value is -3.03. The third-order valence-electron chi connectivity index (χ3n) is 4.71. The van der Waals surface area contributed by atoms with Crippen LogP contribution in [0.25, 0.3) is 0 Å². The molecular weight excluding hydrogens is 385 g/mol. The van der Waals surface area contributed by atoms with E-state index in [1.807, 2.05) is 6.07 Å². The van der Waals surface area contributed by atoms with Gasteiger partial charge in [-0.25, -0.2) is 4.79 Å². The van der Waals surface area contributed by atoms with Crippen LogP contribution < -0.4 is 10.6 Å². The number of carbonyl (C=O) groups excluding carboxylic acids is 2. The van der Waals surface area contributed by atoms with Gasteiger partial charge in [0.25, 0.3) is 5.91 Å². The highest BCUT2D eigenvalue weighted by molar-refractivity contribution is 5.94. The molecule has 154 valence electrons. The van der Waals surface area contributed by atoms with Gasteiger partial charge in [0, 0.05) is 23.7 Å². The average Bonchev–Trinajstić information content (AvgIpc) is 2.68. The van der Waals surface area contributed by atoms with E-state index in [2.05, 4.69) is 10.6 Å². The summed E-state index contributed by atoms with van der Waals surface area (Å²) in [6, 6.07) is 12.9. The summed E-state index contributed by atoms with van der Waals surface area (Å²) < 4.78 is 43.9.